The summed E-state index contributed by atoms with van der Waals surface area (Å²) in [7, 11) is 0. The molecule has 0 N–H and O–H groups in total. The molecule has 1 unspecified atom stereocenters. The minimum atomic E-state index is -4.24. The highest BCUT2D eigenvalue weighted by atomic mass is 79.9. The molecule has 1 aromatic carbocycles. The van der Waals surface area contributed by atoms with Crippen LogP contribution in [0, 0.1) is 5.92 Å². The average molecular weight is 349 g/mol. The van der Waals surface area contributed by atoms with Crippen molar-refractivity contribution in [2.75, 3.05) is 0 Å². The molecule has 0 aliphatic heterocycles. The van der Waals surface area contributed by atoms with Gasteiger partial charge < -0.3 is 0 Å². The van der Waals surface area contributed by atoms with Crippen LogP contribution in [0.2, 0.25) is 0 Å². The van der Waals surface area contributed by atoms with Gasteiger partial charge in [0.15, 0.2) is 0 Å². The van der Waals surface area contributed by atoms with Gasteiger partial charge in [-0.2, -0.15) is 13.2 Å². The van der Waals surface area contributed by atoms with E-state index < -0.39 is 11.7 Å². The van der Waals surface area contributed by atoms with Gasteiger partial charge in [-0.15, -0.1) is 0 Å². The van der Waals surface area contributed by atoms with Gasteiger partial charge in [0.25, 0.3) is 0 Å². The van der Waals surface area contributed by atoms with E-state index in [9.17, 15) is 13.2 Å². The number of benzene rings is 1. The Labute approximate surface area is 126 Å². The first-order valence-corrected chi connectivity index (χ1v) is 8.17. The average Bonchev–Trinajstić information content (AvgIpc) is 2.39. The van der Waals surface area contributed by atoms with Gasteiger partial charge in [0, 0.05) is 4.83 Å². The zero-order chi connectivity index (χ0) is 14.6. The lowest BCUT2D eigenvalue weighted by molar-refractivity contribution is -0.137. The van der Waals surface area contributed by atoms with Crippen LogP contribution in [-0.2, 0) is 12.6 Å². The van der Waals surface area contributed by atoms with Crippen molar-refractivity contribution in [3.8, 4) is 0 Å². The van der Waals surface area contributed by atoms with Crippen LogP contribution in [0.15, 0.2) is 24.3 Å². The molecule has 0 bridgehead atoms. The van der Waals surface area contributed by atoms with Crippen LogP contribution in [0.4, 0.5) is 13.2 Å². The van der Waals surface area contributed by atoms with Crippen LogP contribution in [0.5, 0.6) is 0 Å². The lowest BCUT2D eigenvalue weighted by Crippen LogP contribution is -2.14. The van der Waals surface area contributed by atoms with Crippen LogP contribution >= 0.6 is 15.9 Å². The molecule has 1 aliphatic carbocycles. The third-order valence-electron chi connectivity index (χ3n) is 4.05. The van der Waals surface area contributed by atoms with Gasteiger partial charge in [-0.05, 0) is 36.5 Å². The summed E-state index contributed by atoms with van der Waals surface area (Å²) in [6, 6.07) is 5.54. The monoisotopic (exact) mass is 348 g/mol. The molecule has 1 atom stereocenters. The molecule has 20 heavy (non-hydrogen) atoms. The summed E-state index contributed by atoms with van der Waals surface area (Å²) < 4.78 is 37.4. The zero-order valence-electron chi connectivity index (χ0n) is 11.4. The Morgan fingerprint density at radius 3 is 2.20 bits per heavy atom. The van der Waals surface area contributed by atoms with Crippen LogP contribution < -0.4 is 0 Å². The standard InChI is InChI=1S/C16H20BrF3/c17-15(10-12-4-2-1-3-5-12)11-13-6-8-14(9-7-13)16(18,19)20/h6-9,12,15H,1-5,10-11H2. The summed E-state index contributed by atoms with van der Waals surface area (Å²) in [4.78, 5) is 0.363. The smallest absolute Gasteiger partial charge is 0.166 e. The van der Waals surface area contributed by atoms with E-state index in [1.807, 2.05) is 0 Å². The van der Waals surface area contributed by atoms with Gasteiger partial charge in [-0.3, -0.25) is 0 Å². The first-order chi connectivity index (χ1) is 9.45. The first kappa shape index (κ1) is 15.9. The van der Waals surface area contributed by atoms with Gasteiger partial charge >= 0.3 is 6.18 Å². The van der Waals surface area contributed by atoms with E-state index in [2.05, 4.69) is 15.9 Å². The third-order valence-corrected chi connectivity index (χ3v) is 4.75. The zero-order valence-corrected chi connectivity index (χ0v) is 13.0. The summed E-state index contributed by atoms with van der Waals surface area (Å²) >= 11 is 3.69. The predicted octanol–water partition coefficient (Wildman–Crippen LogP) is 5.98. The Balaban J connectivity index is 1.86. The summed E-state index contributed by atoms with van der Waals surface area (Å²) in [5.74, 6) is 0.780. The van der Waals surface area contributed by atoms with Gasteiger partial charge in [0.05, 0.1) is 5.56 Å². The molecule has 0 aromatic heterocycles. The second-order valence-electron chi connectivity index (χ2n) is 5.74. The van der Waals surface area contributed by atoms with Crippen LogP contribution in [0.3, 0.4) is 0 Å². The molecule has 0 saturated heterocycles. The molecule has 1 fully saturated rings. The van der Waals surface area contributed by atoms with Crippen LogP contribution in [0.1, 0.15) is 49.7 Å². The maximum absolute atomic E-state index is 12.5. The molecule has 4 heteroatoms. The third kappa shape index (κ3) is 4.80. The molecular formula is C16H20BrF3. The number of rotatable bonds is 4. The van der Waals surface area contributed by atoms with E-state index in [4.69, 9.17) is 0 Å². The predicted molar refractivity (Wildman–Crippen MR) is 79.1 cm³/mol. The van der Waals surface area contributed by atoms with Crippen molar-refractivity contribution >= 4 is 15.9 Å². The molecule has 1 aliphatic rings. The van der Waals surface area contributed by atoms with Crippen molar-refractivity contribution in [2.45, 2.75) is 55.9 Å². The fourth-order valence-corrected chi connectivity index (χ4v) is 3.86. The highest BCUT2D eigenvalue weighted by Crippen LogP contribution is 2.32. The van der Waals surface area contributed by atoms with Gasteiger partial charge in [-0.1, -0.05) is 60.2 Å². The van der Waals surface area contributed by atoms with Gasteiger partial charge in [0.1, 0.15) is 0 Å². The second-order valence-corrected chi connectivity index (χ2v) is 7.03. The van der Waals surface area contributed by atoms with Crippen molar-refractivity contribution in [1.29, 1.82) is 0 Å². The number of hydrogen-bond donors (Lipinski definition) is 0. The Hall–Kier alpha value is -0.510. The quantitative estimate of drug-likeness (QED) is 0.587. The van der Waals surface area contributed by atoms with Crippen molar-refractivity contribution in [2.24, 2.45) is 5.92 Å². The molecule has 0 spiro atoms. The highest BCUT2D eigenvalue weighted by Gasteiger charge is 2.30. The Bertz CT molecular complexity index is 405. The second kappa shape index (κ2) is 6.97. The molecule has 0 heterocycles. The SMILES string of the molecule is FC(F)(F)c1ccc(CC(Br)CC2CCCCC2)cc1. The highest BCUT2D eigenvalue weighted by molar-refractivity contribution is 9.09. The van der Waals surface area contributed by atoms with E-state index in [0.29, 0.717) is 4.83 Å². The normalized spacial score (nSPS) is 19.0. The molecule has 112 valence electrons. The fraction of sp³-hybridized carbons (Fsp3) is 0.625. The molecule has 0 amide bonds. The molecular weight excluding hydrogens is 329 g/mol. The number of alkyl halides is 4. The summed E-state index contributed by atoms with van der Waals surface area (Å²) in [5.41, 5.74) is 0.398. The molecule has 2 rings (SSSR count). The lowest BCUT2D eigenvalue weighted by Gasteiger charge is -2.24. The van der Waals surface area contributed by atoms with Gasteiger partial charge in [0.2, 0.25) is 0 Å². The van der Waals surface area contributed by atoms with E-state index in [-0.39, 0.29) is 0 Å². The summed E-state index contributed by atoms with van der Waals surface area (Å²) in [6.07, 6.45) is 4.28. The van der Waals surface area contributed by atoms with E-state index in [0.717, 1.165) is 24.3 Å². The largest absolute Gasteiger partial charge is 0.416 e. The van der Waals surface area contributed by atoms with Gasteiger partial charge in [-0.25, -0.2) is 0 Å². The molecule has 1 saturated carbocycles. The topological polar surface area (TPSA) is 0 Å². The first-order valence-electron chi connectivity index (χ1n) is 7.25. The number of halogens is 4. The minimum Gasteiger partial charge on any atom is -0.166 e. The van der Waals surface area contributed by atoms with E-state index in [1.165, 1.54) is 44.2 Å². The lowest BCUT2D eigenvalue weighted by atomic mass is 9.85. The molecule has 0 radical (unpaired) electrons. The van der Waals surface area contributed by atoms with E-state index in [1.54, 1.807) is 12.1 Å². The van der Waals surface area contributed by atoms with Crippen LogP contribution in [0.25, 0.3) is 0 Å². The summed E-state index contributed by atoms with van der Waals surface area (Å²) in [5, 5.41) is 0. The minimum absolute atomic E-state index is 0.363. The Kier molecular flexibility index (Phi) is 5.53. The van der Waals surface area contributed by atoms with E-state index >= 15 is 0 Å². The maximum atomic E-state index is 12.5. The van der Waals surface area contributed by atoms with Crippen molar-refractivity contribution in [1.82, 2.24) is 0 Å². The molecule has 0 nitrogen and oxygen atoms in total. The van der Waals surface area contributed by atoms with Crippen LogP contribution in [-0.4, -0.2) is 4.83 Å². The molecule has 1 aromatic rings. The van der Waals surface area contributed by atoms with Crippen molar-refractivity contribution < 1.29 is 13.2 Å². The maximum Gasteiger partial charge on any atom is 0.416 e. The Morgan fingerprint density at radius 1 is 1.05 bits per heavy atom. The summed E-state index contributed by atoms with van der Waals surface area (Å²) in [6.45, 7) is 0. The van der Waals surface area contributed by atoms with Crippen molar-refractivity contribution in [3.63, 3.8) is 0 Å². The van der Waals surface area contributed by atoms with Crippen molar-refractivity contribution in [3.05, 3.63) is 35.4 Å². The Morgan fingerprint density at radius 2 is 1.65 bits per heavy atom. The fourth-order valence-electron chi connectivity index (χ4n) is 2.95. The number of hydrogen-bond acceptors (Lipinski definition) is 0.